The quantitative estimate of drug-likeness (QED) is 0.885. The van der Waals surface area contributed by atoms with Crippen molar-refractivity contribution in [1.29, 1.82) is 5.26 Å². The van der Waals surface area contributed by atoms with Crippen LogP contribution in [0.1, 0.15) is 50.3 Å². The van der Waals surface area contributed by atoms with Gasteiger partial charge in [-0.15, -0.1) is 0 Å². The molecule has 1 fully saturated rings. The Bertz CT molecular complexity index is 507. The van der Waals surface area contributed by atoms with E-state index in [9.17, 15) is 10.4 Å². The van der Waals surface area contributed by atoms with E-state index in [0.717, 1.165) is 37.3 Å². The van der Waals surface area contributed by atoms with E-state index >= 15 is 0 Å². The van der Waals surface area contributed by atoms with Crippen molar-refractivity contribution < 1.29 is 5.11 Å². The summed E-state index contributed by atoms with van der Waals surface area (Å²) < 4.78 is 1.68. The van der Waals surface area contributed by atoms with E-state index in [0.29, 0.717) is 17.9 Å². The van der Waals surface area contributed by atoms with Gasteiger partial charge in [0.2, 0.25) is 0 Å². The molecule has 0 amide bonds. The van der Waals surface area contributed by atoms with E-state index in [1.807, 2.05) is 14.0 Å². The monoisotopic (exact) mass is 276 g/mol. The van der Waals surface area contributed by atoms with Crippen LogP contribution in [-0.4, -0.2) is 27.0 Å². The molecule has 0 unspecified atom stereocenters. The minimum atomic E-state index is -0.656. The Labute approximate surface area is 120 Å². The molecule has 1 aliphatic rings. The van der Waals surface area contributed by atoms with Gasteiger partial charge >= 0.3 is 0 Å². The molecule has 0 radical (unpaired) electrons. The Balaban J connectivity index is 2.01. The zero-order valence-electron chi connectivity index (χ0n) is 12.6. The molecular formula is C15H24N4O. The molecule has 1 saturated carbocycles. The second-order valence-corrected chi connectivity index (χ2v) is 5.97. The predicted octanol–water partition coefficient (Wildman–Crippen LogP) is 2.34. The van der Waals surface area contributed by atoms with E-state index < -0.39 is 5.60 Å². The number of aryl methyl sites for hydroxylation is 2. The zero-order chi connectivity index (χ0) is 14.8. The van der Waals surface area contributed by atoms with Crippen LogP contribution < -0.4 is 5.32 Å². The van der Waals surface area contributed by atoms with Crippen molar-refractivity contribution in [2.24, 2.45) is 13.0 Å². The molecule has 0 atom stereocenters. The molecule has 0 bridgehead atoms. The summed E-state index contributed by atoms with van der Waals surface area (Å²) in [7, 11) is 1.81. The number of rotatable bonds is 4. The number of nitriles is 1. The van der Waals surface area contributed by atoms with Crippen LogP contribution >= 0.6 is 0 Å². The van der Waals surface area contributed by atoms with Gasteiger partial charge in [0, 0.05) is 13.6 Å². The number of nitrogens with one attached hydrogen (secondary N) is 1. The fraction of sp³-hybridized carbons (Fsp3) is 0.733. The molecule has 0 aromatic carbocycles. The molecule has 1 heterocycles. The summed E-state index contributed by atoms with van der Waals surface area (Å²) in [5.74, 6) is 1.46. The fourth-order valence-corrected chi connectivity index (χ4v) is 3.04. The van der Waals surface area contributed by atoms with Gasteiger partial charge in [-0.1, -0.05) is 13.3 Å². The summed E-state index contributed by atoms with van der Waals surface area (Å²) in [6.07, 6.45) is 5.03. The topological polar surface area (TPSA) is 73.9 Å². The third kappa shape index (κ3) is 2.96. The van der Waals surface area contributed by atoms with Crippen LogP contribution in [0.25, 0.3) is 0 Å². The number of aliphatic hydroxyl groups is 1. The van der Waals surface area contributed by atoms with Crippen molar-refractivity contribution in [1.82, 2.24) is 9.78 Å². The number of nitrogens with zero attached hydrogens (tertiary/aromatic N) is 3. The molecule has 1 aromatic heterocycles. The summed E-state index contributed by atoms with van der Waals surface area (Å²) in [5, 5.41) is 27.3. The Kier molecular flexibility index (Phi) is 4.34. The highest BCUT2D eigenvalue weighted by Crippen LogP contribution is 2.34. The van der Waals surface area contributed by atoms with Gasteiger partial charge in [-0.05, 0) is 38.5 Å². The number of anilines is 1. The SMILES string of the molecule is CCC1CCC(O)(CNc2c(C#N)c(C)nn2C)CC1. The molecule has 0 spiro atoms. The molecule has 110 valence electrons. The van der Waals surface area contributed by atoms with Gasteiger partial charge in [-0.25, -0.2) is 0 Å². The van der Waals surface area contributed by atoms with Gasteiger partial charge < -0.3 is 10.4 Å². The van der Waals surface area contributed by atoms with Crippen molar-refractivity contribution in [3.63, 3.8) is 0 Å². The number of aromatic nitrogens is 2. The Morgan fingerprint density at radius 3 is 2.70 bits per heavy atom. The van der Waals surface area contributed by atoms with Gasteiger partial charge in [-0.3, -0.25) is 4.68 Å². The highest BCUT2D eigenvalue weighted by molar-refractivity contribution is 5.55. The Hall–Kier alpha value is -1.54. The summed E-state index contributed by atoms with van der Waals surface area (Å²) in [4.78, 5) is 0. The average molecular weight is 276 g/mol. The first kappa shape index (κ1) is 14.9. The minimum absolute atomic E-state index is 0.483. The van der Waals surface area contributed by atoms with Gasteiger partial charge in [-0.2, -0.15) is 10.4 Å². The van der Waals surface area contributed by atoms with E-state index in [4.69, 9.17) is 0 Å². The molecule has 5 heteroatoms. The van der Waals surface area contributed by atoms with E-state index in [1.54, 1.807) is 4.68 Å². The van der Waals surface area contributed by atoms with Crippen LogP contribution in [0.2, 0.25) is 0 Å². The summed E-state index contributed by atoms with van der Waals surface area (Å²) in [5.41, 5.74) is 0.633. The number of hydrogen-bond donors (Lipinski definition) is 2. The first-order chi connectivity index (χ1) is 9.49. The standard InChI is InChI=1S/C15H24N4O/c1-4-12-5-7-15(20,8-6-12)10-17-14-13(9-16)11(2)18-19(14)3/h12,17,20H,4-8,10H2,1-3H3. The highest BCUT2D eigenvalue weighted by atomic mass is 16.3. The summed E-state index contributed by atoms with van der Waals surface area (Å²) in [6, 6.07) is 2.17. The van der Waals surface area contributed by atoms with Crippen molar-refractivity contribution in [3.8, 4) is 6.07 Å². The molecule has 1 aromatic rings. The van der Waals surface area contributed by atoms with Crippen LogP contribution in [0.3, 0.4) is 0 Å². The van der Waals surface area contributed by atoms with E-state index in [2.05, 4.69) is 23.4 Å². The van der Waals surface area contributed by atoms with Gasteiger partial charge in [0.15, 0.2) is 0 Å². The second kappa shape index (κ2) is 5.84. The second-order valence-electron chi connectivity index (χ2n) is 5.97. The van der Waals surface area contributed by atoms with Crippen molar-refractivity contribution >= 4 is 5.82 Å². The maximum atomic E-state index is 10.6. The molecule has 2 N–H and O–H groups in total. The van der Waals surface area contributed by atoms with Crippen LogP contribution in [0, 0.1) is 24.2 Å². The molecule has 0 saturated heterocycles. The molecule has 0 aliphatic heterocycles. The minimum Gasteiger partial charge on any atom is -0.388 e. The highest BCUT2D eigenvalue weighted by Gasteiger charge is 2.32. The first-order valence-electron chi connectivity index (χ1n) is 7.39. The zero-order valence-corrected chi connectivity index (χ0v) is 12.6. The molecule has 5 nitrogen and oxygen atoms in total. The predicted molar refractivity (Wildman–Crippen MR) is 78.3 cm³/mol. The molecule has 1 aliphatic carbocycles. The van der Waals surface area contributed by atoms with E-state index in [-0.39, 0.29) is 0 Å². The third-order valence-electron chi connectivity index (χ3n) is 4.53. The lowest BCUT2D eigenvalue weighted by Crippen LogP contribution is -2.41. The van der Waals surface area contributed by atoms with Crippen LogP contribution in [0.15, 0.2) is 0 Å². The smallest absolute Gasteiger partial charge is 0.142 e. The van der Waals surface area contributed by atoms with Gasteiger partial charge in [0.1, 0.15) is 17.5 Å². The third-order valence-corrected chi connectivity index (χ3v) is 4.53. The fourth-order valence-electron chi connectivity index (χ4n) is 3.04. The van der Waals surface area contributed by atoms with Crippen molar-refractivity contribution in [2.45, 2.75) is 51.6 Å². The van der Waals surface area contributed by atoms with Crippen LogP contribution in [-0.2, 0) is 7.05 Å². The number of hydrogen-bond acceptors (Lipinski definition) is 4. The van der Waals surface area contributed by atoms with Crippen molar-refractivity contribution in [2.75, 3.05) is 11.9 Å². The lowest BCUT2D eigenvalue weighted by atomic mass is 9.78. The maximum absolute atomic E-state index is 10.6. The molecular weight excluding hydrogens is 252 g/mol. The maximum Gasteiger partial charge on any atom is 0.142 e. The summed E-state index contributed by atoms with van der Waals surface area (Å²) >= 11 is 0. The summed E-state index contributed by atoms with van der Waals surface area (Å²) in [6.45, 7) is 4.52. The normalized spacial score (nSPS) is 26.2. The van der Waals surface area contributed by atoms with Gasteiger partial charge in [0.25, 0.3) is 0 Å². The molecule has 20 heavy (non-hydrogen) atoms. The van der Waals surface area contributed by atoms with E-state index in [1.165, 1.54) is 6.42 Å². The first-order valence-corrected chi connectivity index (χ1v) is 7.39. The van der Waals surface area contributed by atoms with Gasteiger partial charge in [0.05, 0.1) is 11.3 Å². The largest absolute Gasteiger partial charge is 0.388 e. The molecule has 2 rings (SSSR count). The van der Waals surface area contributed by atoms with Crippen LogP contribution in [0.5, 0.6) is 0 Å². The lowest BCUT2D eigenvalue weighted by molar-refractivity contribution is 0.00218. The Morgan fingerprint density at radius 1 is 1.50 bits per heavy atom. The van der Waals surface area contributed by atoms with Crippen molar-refractivity contribution in [3.05, 3.63) is 11.3 Å². The lowest BCUT2D eigenvalue weighted by Gasteiger charge is -2.36. The average Bonchev–Trinajstić information content (AvgIpc) is 2.71. The Morgan fingerprint density at radius 2 is 2.15 bits per heavy atom. The van der Waals surface area contributed by atoms with Crippen LogP contribution in [0.4, 0.5) is 5.82 Å².